The van der Waals surface area contributed by atoms with Crippen molar-refractivity contribution < 1.29 is 0 Å². The maximum Gasteiger partial charge on any atom is 0.0727 e. The summed E-state index contributed by atoms with van der Waals surface area (Å²) in [5, 5.41) is 0. The number of fused-ring (bicyclic) bond motifs is 13. The second kappa shape index (κ2) is 17.9. The molecule has 1 spiro atoms. The Hall–Kier alpha value is -9.76. The van der Waals surface area contributed by atoms with E-state index in [0.29, 0.717) is 0 Å². The Kier molecular flexibility index (Phi) is 10.5. The fourth-order valence-corrected chi connectivity index (χ4v) is 13.7. The van der Waals surface area contributed by atoms with E-state index in [0.717, 1.165) is 39.7 Å². The lowest BCUT2D eigenvalue weighted by atomic mass is 9.70. The van der Waals surface area contributed by atoms with Crippen LogP contribution in [0.3, 0.4) is 0 Å². The van der Waals surface area contributed by atoms with Crippen molar-refractivity contribution in [3.63, 3.8) is 0 Å². The minimum atomic E-state index is -0.698. The van der Waals surface area contributed by atoms with Crippen LogP contribution in [0.2, 0.25) is 0 Å². The Morgan fingerprint density at radius 3 is 1.08 bits per heavy atom. The quantitative estimate of drug-likeness (QED) is 0.142. The van der Waals surface area contributed by atoms with Crippen LogP contribution in [0, 0.1) is 0 Å². The van der Waals surface area contributed by atoms with Crippen LogP contribution < -0.4 is 9.80 Å². The molecule has 0 fully saturated rings. The van der Waals surface area contributed by atoms with Gasteiger partial charge in [-0.3, -0.25) is 0 Å². The highest BCUT2D eigenvalue weighted by Gasteiger charge is 2.53. The third kappa shape index (κ3) is 6.83. The Bertz CT molecular complexity index is 4240. The predicted molar refractivity (Wildman–Crippen MR) is 326 cm³/mol. The van der Waals surface area contributed by atoms with Crippen molar-refractivity contribution in [2.24, 2.45) is 0 Å². The van der Waals surface area contributed by atoms with E-state index in [1.807, 2.05) is 0 Å². The number of nitrogens with zero attached hydrogens (tertiary/aromatic N) is 2. The van der Waals surface area contributed by atoms with E-state index in [1.54, 1.807) is 0 Å². The van der Waals surface area contributed by atoms with Crippen LogP contribution in [-0.2, 0) is 10.8 Å². The van der Waals surface area contributed by atoms with E-state index in [4.69, 9.17) is 0 Å². The zero-order valence-electron chi connectivity index (χ0n) is 43.6. The molecule has 12 aromatic rings. The zero-order valence-corrected chi connectivity index (χ0v) is 43.6. The van der Waals surface area contributed by atoms with Gasteiger partial charge in [0.15, 0.2) is 0 Å². The van der Waals surface area contributed by atoms with Crippen LogP contribution in [0.25, 0.3) is 66.8 Å². The van der Waals surface area contributed by atoms with Gasteiger partial charge in [-0.15, -0.1) is 0 Å². The first-order chi connectivity index (χ1) is 38.5. The first kappa shape index (κ1) is 45.6. The minimum absolute atomic E-state index is 0.120. The van der Waals surface area contributed by atoms with Gasteiger partial charge < -0.3 is 9.80 Å². The zero-order chi connectivity index (χ0) is 52.0. The Morgan fingerprint density at radius 2 is 0.564 bits per heavy atom. The summed E-state index contributed by atoms with van der Waals surface area (Å²) in [7, 11) is 0. The number of anilines is 6. The first-order valence-corrected chi connectivity index (χ1v) is 27.3. The van der Waals surface area contributed by atoms with Crippen molar-refractivity contribution in [2.45, 2.75) is 24.7 Å². The molecule has 78 heavy (non-hydrogen) atoms. The molecular weight excluding hydrogens is 941 g/mol. The van der Waals surface area contributed by atoms with Crippen LogP contribution in [0.5, 0.6) is 0 Å². The smallest absolute Gasteiger partial charge is 0.0727 e. The van der Waals surface area contributed by atoms with Crippen LogP contribution in [0.4, 0.5) is 34.1 Å². The molecule has 3 aliphatic carbocycles. The maximum atomic E-state index is 2.58. The third-order valence-corrected chi connectivity index (χ3v) is 17.1. The largest absolute Gasteiger partial charge is 0.310 e. The second-order valence-corrected chi connectivity index (χ2v) is 21.5. The summed E-state index contributed by atoms with van der Waals surface area (Å²) < 4.78 is 0. The summed E-state index contributed by atoms with van der Waals surface area (Å²) in [4.78, 5) is 5.00. The van der Waals surface area contributed by atoms with Gasteiger partial charge in [0.25, 0.3) is 0 Å². The lowest BCUT2D eigenvalue weighted by molar-refractivity contribution is 0.660. The summed E-state index contributed by atoms with van der Waals surface area (Å²) in [6, 6.07) is 108. The molecule has 0 heterocycles. The van der Waals surface area contributed by atoms with Gasteiger partial charge in [0.2, 0.25) is 0 Å². The number of benzene rings is 12. The molecule has 3 aliphatic rings. The summed E-state index contributed by atoms with van der Waals surface area (Å²) in [5.41, 5.74) is 28.3. The van der Waals surface area contributed by atoms with E-state index >= 15 is 0 Å². The van der Waals surface area contributed by atoms with Crippen molar-refractivity contribution in [3.8, 4) is 66.8 Å². The maximum absolute atomic E-state index is 2.58. The topological polar surface area (TPSA) is 6.48 Å². The van der Waals surface area contributed by atoms with Crippen molar-refractivity contribution in [2.75, 3.05) is 9.80 Å². The molecule has 0 saturated carbocycles. The molecule has 368 valence electrons. The van der Waals surface area contributed by atoms with E-state index in [2.05, 4.69) is 315 Å². The van der Waals surface area contributed by atoms with Crippen molar-refractivity contribution in [3.05, 3.63) is 325 Å². The average Bonchev–Trinajstić information content (AvgIpc) is 4.16. The van der Waals surface area contributed by atoms with Gasteiger partial charge in [-0.1, -0.05) is 232 Å². The van der Waals surface area contributed by atoms with E-state index in [1.165, 1.54) is 94.6 Å². The molecule has 1 atom stereocenters. The molecule has 2 nitrogen and oxygen atoms in total. The van der Waals surface area contributed by atoms with Crippen molar-refractivity contribution >= 4 is 34.1 Å². The lowest BCUT2D eigenvalue weighted by Crippen LogP contribution is -2.27. The predicted octanol–water partition coefficient (Wildman–Crippen LogP) is 20.3. The van der Waals surface area contributed by atoms with Gasteiger partial charge in [-0.05, 0) is 162 Å². The van der Waals surface area contributed by atoms with Gasteiger partial charge in [0.05, 0.1) is 16.8 Å². The van der Waals surface area contributed by atoms with Crippen LogP contribution in [0.1, 0.15) is 47.2 Å². The van der Waals surface area contributed by atoms with Gasteiger partial charge in [-0.2, -0.15) is 0 Å². The Morgan fingerprint density at radius 1 is 0.218 bits per heavy atom. The van der Waals surface area contributed by atoms with Gasteiger partial charge >= 0.3 is 0 Å². The van der Waals surface area contributed by atoms with Crippen LogP contribution >= 0.6 is 0 Å². The average molecular weight is 995 g/mol. The molecular formula is C76H54N2. The molecule has 12 aromatic carbocycles. The highest BCUT2D eigenvalue weighted by atomic mass is 15.2. The third-order valence-electron chi connectivity index (χ3n) is 17.1. The van der Waals surface area contributed by atoms with Crippen molar-refractivity contribution in [1.82, 2.24) is 0 Å². The normalized spacial score (nSPS) is 14.7. The SMILES string of the molecule is CC1(C)c2ccccc2-c2cc(N(c3ccccc3)c3cc4c(cc3-c3ccccc3)-c3ccccc3C43c4ccccc4-c4cc(-c5ccccc5-c5ccccc5)c(N(c5ccccc5)c5ccccc5)cc43)ccc21. The van der Waals surface area contributed by atoms with E-state index < -0.39 is 5.41 Å². The van der Waals surface area contributed by atoms with Gasteiger partial charge in [0.1, 0.15) is 0 Å². The molecule has 0 aliphatic heterocycles. The van der Waals surface area contributed by atoms with Gasteiger partial charge in [-0.25, -0.2) is 0 Å². The van der Waals surface area contributed by atoms with Crippen LogP contribution in [-0.4, -0.2) is 0 Å². The molecule has 0 N–H and O–H groups in total. The molecule has 0 radical (unpaired) electrons. The monoisotopic (exact) mass is 994 g/mol. The molecule has 0 aromatic heterocycles. The second-order valence-electron chi connectivity index (χ2n) is 21.5. The lowest BCUT2D eigenvalue weighted by Gasteiger charge is -2.35. The van der Waals surface area contributed by atoms with E-state index in [9.17, 15) is 0 Å². The molecule has 0 amide bonds. The van der Waals surface area contributed by atoms with Crippen LogP contribution in [0.15, 0.2) is 291 Å². The Balaban J connectivity index is 1.06. The summed E-state index contributed by atoms with van der Waals surface area (Å²) in [6.45, 7) is 4.73. The fourth-order valence-electron chi connectivity index (χ4n) is 13.7. The number of rotatable bonds is 9. The Labute approximate surface area is 457 Å². The first-order valence-electron chi connectivity index (χ1n) is 27.3. The van der Waals surface area contributed by atoms with E-state index in [-0.39, 0.29) is 5.41 Å². The number of hydrogen-bond donors (Lipinski definition) is 0. The minimum Gasteiger partial charge on any atom is -0.310 e. The highest BCUT2D eigenvalue weighted by Crippen LogP contribution is 2.66. The number of hydrogen-bond acceptors (Lipinski definition) is 2. The molecule has 2 heteroatoms. The van der Waals surface area contributed by atoms with Crippen molar-refractivity contribution in [1.29, 1.82) is 0 Å². The summed E-state index contributed by atoms with van der Waals surface area (Å²) >= 11 is 0. The molecule has 0 saturated heterocycles. The number of para-hydroxylation sites is 3. The van der Waals surface area contributed by atoms with Gasteiger partial charge in [0, 0.05) is 39.3 Å². The summed E-state index contributed by atoms with van der Waals surface area (Å²) in [6.07, 6.45) is 0. The molecule has 1 unspecified atom stereocenters. The summed E-state index contributed by atoms with van der Waals surface area (Å²) in [5.74, 6) is 0. The highest BCUT2D eigenvalue weighted by molar-refractivity contribution is 6.04. The standard InChI is InChI=1S/C76H54N2/c1-75(2)67-41-23-20-38-59(67)63-46-56(44-45-68(63)75)78(55-34-16-7-17-35-55)73-49-71-64(47-62(73)52-28-10-4-11-29-52)60-39-21-24-42-69(60)76(71)70-43-25-22-40-61(70)65-48-66(58-37-19-18-36-57(58)51-26-8-3-9-27-51)74(50-72(65)76)77(53-30-12-5-13-31-53)54-32-14-6-15-33-54/h3-50H,1-2H3. The molecule has 15 rings (SSSR count). The molecule has 0 bridgehead atoms. The fraction of sp³-hybridized carbons (Fsp3) is 0.0526.